The molecule has 0 amide bonds. The lowest BCUT2D eigenvalue weighted by atomic mass is 10.2. The summed E-state index contributed by atoms with van der Waals surface area (Å²) >= 11 is 0. The third-order valence-electron chi connectivity index (χ3n) is 3.32. The second kappa shape index (κ2) is 7.62. The smallest absolute Gasteiger partial charge is 0.225 e. The van der Waals surface area contributed by atoms with Crippen LogP contribution in [0.25, 0.3) is 0 Å². The largest absolute Gasteiger partial charge is 0.366 e. The third kappa shape index (κ3) is 4.22. The number of nitrogens with zero attached hydrogens (tertiary/aromatic N) is 3. The normalized spacial score (nSPS) is 15.3. The predicted molar refractivity (Wildman–Crippen MR) is 93.8 cm³/mol. The third-order valence-corrected chi connectivity index (χ3v) is 3.32. The summed E-state index contributed by atoms with van der Waals surface area (Å²) in [5, 5.41) is 15.3. The number of nitrogens with one attached hydrogen (secondary N) is 2. The highest BCUT2D eigenvalue weighted by Gasteiger charge is 2.06. The van der Waals surface area contributed by atoms with E-state index in [1.54, 1.807) is 18.3 Å². The highest BCUT2D eigenvalue weighted by Crippen LogP contribution is 2.10. The summed E-state index contributed by atoms with van der Waals surface area (Å²) in [6.45, 7) is 0.690. The molecule has 1 aliphatic rings. The van der Waals surface area contributed by atoms with Crippen molar-refractivity contribution in [1.29, 1.82) is 5.26 Å². The fourth-order valence-corrected chi connectivity index (χ4v) is 2.11. The van der Waals surface area contributed by atoms with E-state index in [2.05, 4.69) is 50.6 Å². The quantitative estimate of drug-likeness (QED) is 0.830. The van der Waals surface area contributed by atoms with E-state index in [9.17, 15) is 0 Å². The molecule has 0 aliphatic heterocycles. The lowest BCUT2D eigenvalue weighted by molar-refractivity contribution is 1.03. The Morgan fingerprint density at radius 3 is 2.92 bits per heavy atom. The van der Waals surface area contributed by atoms with E-state index in [0.29, 0.717) is 18.1 Å². The van der Waals surface area contributed by atoms with Gasteiger partial charge in [0.2, 0.25) is 5.95 Å². The van der Waals surface area contributed by atoms with Crippen LogP contribution in [0, 0.1) is 23.2 Å². The molecule has 2 aromatic rings. The number of allylic oxidation sites excluding steroid dienone is 3. The topological polar surface area (TPSA) is 73.6 Å². The van der Waals surface area contributed by atoms with Crippen molar-refractivity contribution in [2.45, 2.75) is 12.6 Å². The molecule has 116 valence electrons. The van der Waals surface area contributed by atoms with Crippen molar-refractivity contribution in [2.24, 2.45) is 0 Å². The van der Waals surface area contributed by atoms with Crippen LogP contribution in [0.3, 0.4) is 0 Å². The summed E-state index contributed by atoms with van der Waals surface area (Å²) in [7, 11) is 0. The van der Waals surface area contributed by atoms with Crippen LogP contribution in [-0.4, -0.2) is 16.0 Å². The maximum absolute atomic E-state index is 8.89. The molecule has 0 radical (unpaired) electrons. The second-order valence-electron chi connectivity index (χ2n) is 5.09. The summed E-state index contributed by atoms with van der Waals surface area (Å²) in [5.74, 6) is 7.06. The number of nitriles is 1. The van der Waals surface area contributed by atoms with Crippen molar-refractivity contribution < 1.29 is 0 Å². The van der Waals surface area contributed by atoms with Crippen molar-refractivity contribution in [3.63, 3.8) is 0 Å². The van der Waals surface area contributed by atoms with Gasteiger partial charge in [0, 0.05) is 18.8 Å². The van der Waals surface area contributed by atoms with Crippen LogP contribution < -0.4 is 10.6 Å². The minimum absolute atomic E-state index is 0.239. The van der Waals surface area contributed by atoms with E-state index in [1.165, 1.54) is 5.56 Å². The van der Waals surface area contributed by atoms with Crippen LogP contribution in [-0.2, 0) is 6.54 Å². The maximum atomic E-state index is 8.89. The standard InChI is InChI=1S/C19H15N5/c20-13-15-7-4-8-17(10-9-15)23-19-21-12-11-18(24-19)22-14-16-5-2-1-3-6-16/h1-3,5-7,9-12,17H,14H2,(H2,21,22,23,24). The van der Waals surface area contributed by atoms with Crippen molar-refractivity contribution in [1.82, 2.24) is 9.97 Å². The number of anilines is 2. The van der Waals surface area contributed by atoms with Crippen molar-refractivity contribution in [3.8, 4) is 17.9 Å². The predicted octanol–water partition coefficient (Wildman–Crippen LogP) is 2.89. The SMILES string of the molecule is N#CC1=CC#CC(Nc2nccc(NCc3ccccc3)n2)C=C1. The minimum Gasteiger partial charge on any atom is -0.366 e. The zero-order chi connectivity index (χ0) is 16.6. The fourth-order valence-electron chi connectivity index (χ4n) is 2.11. The zero-order valence-corrected chi connectivity index (χ0v) is 12.9. The van der Waals surface area contributed by atoms with Crippen molar-refractivity contribution in [3.05, 3.63) is 72.0 Å². The Labute approximate surface area is 140 Å². The van der Waals surface area contributed by atoms with E-state index in [1.807, 2.05) is 30.3 Å². The van der Waals surface area contributed by atoms with E-state index in [0.717, 1.165) is 5.82 Å². The average Bonchev–Trinajstić information content (AvgIpc) is 2.86. The monoisotopic (exact) mass is 313 g/mol. The molecule has 0 spiro atoms. The zero-order valence-electron chi connectivity index (χ0n) is 12.9. The van der Waals surface area contributed by atoms with Crippen LogP contribution in [0.1, 0.15) is 5.56 Å². The lowest BCUT2D eigenvalue weighted by Crippen LogP contribution is -2.16. The van der Waals surface area contributed by atoms with Gasteiger partial charge in [0.05, 0.1) is 11.6 Å². The molecule has 0 saturated carbocycles. The van der Waals surface area contributed by atoms with Gasteiger partial charge in [0.15, 0.2) is 0 Å². The number of benzene rings is 1. The molecule has 1 aromatic carbocycles. The van der Waals surface area contributed by atoms with E-state index in [4.69, 9.17) is 5.26 Å². The first kappa shape index (κ1) is 15.3. The van der Waals surface area contributed by atoms with Gasteiger partial charge in [-0.15, -0.1) is 0 Å². The summed E-state index contributed by atoms with van der Waals surface area (Å²) < 4.78 is 0. The van der Waals surface area contributed by atoms with Gasteiger partial charge >= 0.3 is 0 Å². The van der Waals surface area contributed by atoms with Gasteiger partial charge in [-0.1, -0.05) is 42.2 Å². The lowest BCUT2D eigenvalue weighted by Gasteiger charge is -2.10. The molecule has 0 bridgehead atoms. The van der Waals surface area contributed by atoms with Crippen LogP contribution >= 0.6 is 0 Å². The summed E-state index contributed by atoms with van der Waals surface area (Å²) in [4.78, 5) is 8.65. The average molecular weight is 313 g/mol. The van der Waals surface area contributed by atoms with Crippen molar-refractivity contribution >= 4 is 11.8 Å². The van der Waals surface area contributed by atoms with Gasteiger partial charge in [-0.25, -0.2) is 4.98 Å². The van der Waals surface area contributed by atoms with E-state index < -0.39 is 0 Å². The molecule has 5 nitrogen and oxygen atoms in total. The molecule has 1 unspecified atom stereocenters. The van der Waals surface area contributed by atoms with Crippen LogP contribution in [0.4, 0.5) is 11.8 Å². The molecule has 0 saturated heterocycles. The molecule has 1 heterocycles. The second-order valence-corrected chi connectivity index (χ2v) is 5.09. The van der Waals surface area contributed by atoms with Crippen LogP contribution in [0.5, 0.6) is 0 Å². The molecule has 1 atom stereocenters. The minimum atomic E-state index is -0.239. The molecule has 0 fully saturated rings. The molecule has 1 aromatic heterocycles. The van der Waals surface area contributed by atoms with E-state index in [-0.39, 0.29) is 6.04 Å². The molecule has 2 N–H and O–H groups in total. The number of aromatic nitrogens is 2. The Morgan fingerprint density at radius 2 is 2.08 bits per heavy atom. The highest BCUT2D eigenvalue weighted by atomic mass is 15.1. The molecule has 3 rings (SSSR count). The summed E-state index contributed by atoms with van der Waals surface area (Å²) in [6.07, 6.45) is 6.83. The molecule has 24 heavy (non-hydrogen) atoms. The van der Waals surface area contributed by atoms with Gasteiger partial charge in [0.25, 0.3) is 0 Å². The maximum Gasteiger partial charge on any atom is 0.225 e. The first-order valence-electron chi connectivity index (χ1n) is 7.50. The van der Waals surface area contributed by atoms with Crippen LogP contribution in [0.15, 0.2) is 66.4 Å². The summed E-state index contributed by atoms with van der Waals surface area (Å²) in [5.41, 5.74) is 1.71. The Morgan fingerprint density at radius 1 is 1.21 bits per heavy atom. The van der Waals surface area contributed by atoms with Crippen molar-refractivity contribution in [2.75, 3.05) is 10.6 Å². The number of hydrogen-bond acceptors (Lipinski definition) is 5. The Bertz CT molecular complexity index is 866. The summed E-state index contributed by atoms with van der Waals surface area (Å²) in [6, 6.07) is 13.8. The first-order chi connectivity index (χ1) is 11.8. The Hall–Kier alpha value is -3.57. The first-order valence-corrected chi connectivity index (χ1v) is 7.50. The van der Waals surface area contributed by atoms with Gasteiger partial charge in [0.1, 0.15) is 11.9 Å². The number of hydrogen-bond donors (Lipinski definition) is 2. The fraction of sp³-hybridized carbons (Fsp3) is 0.105. The van der Waals surface area contributed by atoms with Gasteiger partial charge < -0.3 is 10.6 Å². The molecule has 1 aliphatic carbocycles. The van der Waals surface area contributed by atoms with E-state index >= 15 is 0 Å². The Balaban J connectivity index is 1.63. The highest BCUT2D eigenvalue weighted by molar-refractivity contribution is 5.48. The van der Waals surface area contributed by atoms with Gasteiger partial charge in [-0.3, -0.25) is 0 Å². The number of rotatable bonds is 5. The van der Waals surface area contributed by atoms with Crippen LogP contribution in [0.2, 0.25) is 0 Å². The Kier molecular flexibility index (Phi) is 4.87. The van der Waals surface area contributed by atoms with Gasteiger partial charge in [-0.05, 0) is 23.8 Å². The molecule has 5 heteroatoms. The molecular formula is C19H15N5. The molecular weight excluding hydrogens is 298 g/mol. The van der Waals surface area contributed by atoms with Gasteiger partial charge in [-0.2, -0.15) is 10.2 Å².